The van der Waals surface area contributed by atoms with E-state index in [1.54, 1.807) is 0 Å². The molecule has 0 aliphatic carbocycles. The van der Waals surface area contributed by atoms with Gasteiger partial charge in [-0.1, -0.05) is 35.3 Å². The molecule has 0 aromatic heterocycles. The Hall–Kier alpha value is -3.87. The van der Waals surface area contributed by atoms with Crippen LogP contribution in [0.3, 0.4) is 0 Å². The van der Waals surface area contributed by atoms with Gasteiger partial charge in [0.25, 0.3) is 5.91 Å². The normalized spacial score (nSPS) is 15.4. The lowest BCUT2D eigenvalue weighted by atomic mass is 10.0. The van der Waals surface area contributed by atoms with Crippen LogP contribution in [0.5, 0.6) is 5.75 Å². The van der Waals surface area contributed by atoms with Crippen LogP contribution in [0.25, 0.3) is 0 Å². The molecule has 12 nitrogen and oxygen atoms in total. The van der Waals surface area contributed by atoms with Gasteiger partial charge in [-0.05, 0) is 24.3 Å². The Kier molecular flexibility index (Phi) is 9.88. The summed E-state index contributed by atoms with van der Waals surface area (Å²) in [6.07, 6.45) is -1.16. The van der Waals surface area contributed by atoms with E-state index in [1.165, 1.54) is 36.4 Å². The van der Waals surface area contributed by atoms with Gasteiger partial charge in [0.2, 0.25) is 5.91 Å². The summed E-state index contributed by atoms with van der Waals surface area (Å²) in [5.41, 5.74) is 0.386. The lowest BCUT2D eigenvalue weighted by molar-refractivity contribution is -0.137. The Labute approximate surface area is 227 Å². The summed E-state index contributed by atoms with van der Waals surface area (Å²) in [4.78, 5) is 53.0. The summed E-state index contributed by atoms with van der Waals surface area (Å²) in [6, 6.07) is 7.26. The Morgan fingerprint density at radius 1 is 1.11 bits per heavy atom. The minimum atomic E-state index is -1.25. The number of halogens is 2. The van der Waals surface area contributed by atoms with E-state index in [0.29, 0.717) is 12.5 Å². The van der Waals surface area contributed by atoms with Crippen molar-refractivity contribution in [3.05, 3.63) is 63.1 Å². The minimum absolute atomic E-state index is 0.00923. The molecule has 202 valence electrons. The van der Waals surface area contributed by atoms with Gasteiger partial charge in [0.05, 0.1) is 43.2 Å². The molecule has 2 aromatic carbocycles. The maximum Gasteiger partial charge on any atom is 0.305 e. The number of carbonyl (C=O) groups excluding carboxylic acids is 3. The van der Waals surface area contributed by atoms with E-state index in [4.69, 9.17) is 23.2 Å². The number of hydrogen-bond donors (Lipinski definition) is 7. The molecule has 38 heavy (non-hydrogen) atoms. The van der Waals surface area contributed by atoms with Gasteiger partial charge in [-0.15, -0.1) is 0 Å². The van der Waals surface area contributed by atoms with Crippen LogP contribution in [0.4, 0.5) is 0 Å². The molecule has 2 atom stereocenters. The number of aromatic hydroxyl groups is 1. The first kappa shape index (κ1) is 28.7. The first-order chi connectivity index (χ1) is 18.0. The lowest BCUT2D eigenvalue weighted by Crippen LogP contribution is -2.47. The summed E-state index contributed by atoms with van der Waals surface area (Å²) in [6.45, 7) is -0.0754. The van der Waals surface area contributed by atoms with Crippen molar-refractivity contribution in [3.63, 3.8) is 0 Å². The summed E-state index contributed by atoms with van der Waals surface area (Å²) >= 11 is 11.9. The first-order valence-electron chi connectivity index (χ1n) is 11.3. The molecule has 0 saturated carbocycles. The van der Waals surface area contributed by atoms with Crippen molar-refractivity contribution < 1.29 is 34.5 Å². The molecule has 3 rings (SSSR count). The molecule has 14 heteroatoms. The number of aliphatic carboxylic acids is 1. The second-order valence-electron chi connectivity index (χ2n) is 8.31. The predicted octanol–water partition coefficient (Wildman–Crippen LogP) is 0.853. The molecule has 0 radical (unpaired) electrons. The number of carboxylic acid groups (broad SMARTS) is 1. The molecule has 1 heterocycles. The second-order valence-corrected chi connectivity index (χ2v) is 9.15. The number of phenols is 1. The fraction of sp³-hybridized carbons (Fsp3) is 0.292. The molecule has 1 unspecified atom stereocenters. The number of carboxylic acids is 1. The summed E-state index contributed by atoms with van der Waals surface area (Å²) < 4.78 is 0. The largest absolute Gasteiger partial charge is 0.506 e. The molecule has 0 bridgehead atoms. The van der Waals surface area contributed by atoms with E-state index in [1.807, 2.05) is 0 Å². The number of nitrogens with zero attached hydrogens (tertiary/aromatic N) is 1. The van der Waals surface area contributed by atoms with Gasteiger partial charge in [0.1, 0.15) is 5.75 Å². The third-order valence-electron chi connectivity index (χ3n) is 5.38. The Balaban J connectivity index is 1.59. The van der Waals surface area contributed by atoms with E-state index in [-0.39, 0.29) is 45.6 Å². The van der Waals surface area contributed by atoms with Gasteiger partial charge in [0, 0.05) is 28.3 Å². The van der Waals surface area contributed by atoms with Gasteiger partial charge in [-0.25, -0.2) is 0 Å². The number of phenolic OH excluding ortho intramolecular Hbond substituents is 1. The number of aliphatic imine (C=N–C) groups is 1. The molecule has 2 amide bonds. The third kappa shape index (κ3) is 8.07. The maximum absolute atomic E-state index is 12.6. The maximum atomic E-state index is 12.6. The zero-order valence-electron chi connectivity index (χ0n) is 19.8. The van der Waals surface area contributed by atoms with E-state index in [0.717, 1.165) is 0 Å². The van der Waals surface area contributed by atoms with Crippen LogP contribution in [0.15, 0.2) is 41.4 Å². The number of guanidine groups is 1. The fourth-order valence-corrected chi connectivity index (χ4v) is 4.03. The van der Waals surface area contributed by atoms with E-state index in [2.05, 4.69) is 26.3 Å². The number of hydrogen-bond acceptors (Lipinski definition) is 9. The second kappa shape index (κ2) is 13.1. The molecule has 0 spiro atoms. The Morgan fingerprint density at radius 3 is 2.53 bits per heavy atom. The number of amides is 2. The number of benzene rings is 2. The summed E-state index contributed by atoms with van der Waals surface area (Å²) in [7, 11) is 0. The van der Waals surface area contributed by atoms with Crippen LogP contribution in [0.1, 0.15) is 38.7 Å². The average Bonchev–Trinajstić information content (AvgIpc) is 2.88. The Bertz CT molecular complexity index is 1270. The quantitative estimate of drug-likeness (QED) is 0.205. The van der Waals surface area contributed by atoms with Gasteiger partial charge in [0.15, 0.2) is 11.7 Å². The van der Waals surface area contributed by atoms with Crippen molar-refractivity contribution in [3.8, 4) is 5.75 Å². The van der Waals surface area contributed by atoms with E-state index in [9.17, 15) is 34.5 Å². The topological polar surface area (TPSA) is 189 Å². The minimum Gasteiger partial charge on any atom is -0.506 e. The number of aliphatic hydroxyl groups excluding tert-OH is 1. The monoisotopic (exact) mass is 565 g/mol. The molecule has 1 aliphatic heterocycles. The van der Waals surface area contributed by atoms with Crippen molar-refractivity contribution in [1.29, 1.82) is 0 Å². The van der Waals surface area contributed by atoms with Crippen molar-refractivity contribution in [2.24, 2.45) is 4.99 Å². The first-order valence-corrected chi connectivity index (χ1v) is 12.1. The number of β-amino-alcohol motifs (C(OH)–C–C–N with tert-alkyl or cyclic N) is 1. The lowest BCUT2D eigenvalue weighted by Gasteiger charge is -2.20. The number of aliphatic hydroxyl groups is 1. The third-order valence-corrected chi connectivity index (χ3v) is 5.89. The number of nitrogens with one attached hydrogen (secondary N) is 4. The molecule has 7 N–H and O–H groups in total. The summed E-state index contributed by atoms with van der Waals surface area (Å²) in [5.74, 6) is -2.98. The van der Waals surface area contributed by atoms with Crippen LogP contribution in [-0.2, 0) is 9.59 Å². The zero-order chi connectivity index (χ0) is 27.8. The van der Waals surface area contributed by atoms with Crippen molar-refractivity contribution in [1.82, 2.24) is 21.3 Å². The highest BCUT2D eigenvalue weighted by molar-refractivity contribution is 6.35. The van der Waals surface area contributed by atoms with E-state index < -0.39 is 48.6 Å². The number of rotatable bonds is 10. The van der Waals surface area contributed by atoms with Gasteiger partial charge >= 0.3 is 5.97 Å². The number of carbonyl (C=O) groups is 4. The molecule has 0 saturated heterocycles. The fourth-order valence-electron chi connectivity index (χ4n) is 3.52. The van der Waals surface area contributed by atoms with Crippen molar-refractivity contribution in [2.45, 2.75) is 18.6 Å². The van der Waals surface area contributed by atoms with E-state index >= 15 is 0 Å². The molecule has 1 aliphatic rings. The van der Waals surface area contributed by atoms with Crippen molar-refractivity contribution >= 4 is 52.7 Å². The van der Waals surface area contributed by atoms with Crippen LogP contribution >= 0.6 is 23.2 Å². The molecular formula is C24H25Cl2N5O7. The highest BCUT2D eigenvalue weighted by atomic mass is 35.5. The van der Waals surface area contributed by atoms with Crippen molar-refractivity contribution in [2.75, 3.05) is 26.2 Å². The van der Waals surface area contributed by atoms with Gasteiger partial charge in [-0.2, -0.15) is 0 Å². The van der Waals surface area contributed by atoms with Gasteiger partial charge < -0.3 is 36.6 Å². The van der Waals surface area contributed by atoms with Crippen LogP contribution in [-0.4, -0.2) is 77.1 Å². The standard InChI is InChI=1S/C24H25Cl2N5O7/c25-14-5-16(22(37)17(26)6-14)18(7-21(35)36)31-20(34)11-27-23(38)13-3-1-2-12(4-13)19(33)10-30-24-28-8-15(32)9-29-24/h1-6,15,18,32,37H,7-11H2,(H,27,38)(H,31,34)(H,35,36)(H2,28,29,30)/t18-/m1/s1. The number of ketones is 1. The SMILES string of the molecule is O=C(O)C[C@@H](NC(=O)CNC(=O)c1cccc(C(=O)CNC2=NCC(O)CN2)c1)c1cc(Cl)cc(Cl)c1O. The highest BCUT2D eigenvalue weighted by Crippen LogP contribution is 2.36. The molecular weight excluding hydrogens is 541 g/mol. The van der Waals surface area contributed by atoms with Crippen LogP contribution < -0.4 is 21.3 Å². The molecule has 2 aromatic rings. The zero-order valence-corrected chi connectivity index (χ0v) is 21.3. The van der Waals surface area contributed by atoms with Gasteiger partial charge in [-0.3, -0.25) is 24.2 Å². The molecule has 0 fully saturated rings. The summed E-state index contributed by atoms with van der Waals surface area (Å²) in [5, 5.41) is 39.4. The predicted molar refractivity (Wildman–Crippen MR) is 139 cm³/mol. The smallest absolute Gasteiger partial charge is 0.305 e. The number of Topliss-reactive ketones (excluding diaryl/α,β-unsaturated/α-hetero) is 1. The Morgan fingerprint density at radius 2 is 1.84 bits per heavy atom. The van der Waals surface area contributed by atoms with Crippen LogP contribution in [0, 0.1) is 0 Å². The highest BCUT2D eigenvalue weighted by Gasteiger charge is 2.23. The van der Waals surface area contributed by atoms with Crippen LogP contribution in [0.2, 0.25) is 10.0 Å². The average molecular weight is 566 g/mol.